The highest BCUT2D eigenvalue weighted by Crippen LogP contribution is 2.35. The van der Waals surface area contributed by atoms with E-state index in [9.17, 15) is 18.7 Å². The van der Waals surface area contributed by atoms with Crippen molar-refractivity contribution >= 4 is 5.91 Å². The molecule has 7 heteroatoms. The Morgan fingerprint density at radius 3 is 2.86 bits per heavy atom. The van der Waals surface area contributed by atoms with Crippen molar-refractivity contribution in [2.24, 2.45) is 0 Å². The SMILES string of the molecule is Cc1cc(C(=O)N2C[C@@H](O)C[C@@H]2c2cc(F)ccc2F)no1. The minimum atomic E-state index is -0.801. The number of nitrogens with zero attached hydrogens (tertiary/aromatic N) is 2. The number of carbonyl (C=O) groups excluding carboxylic acids is 1. The molecule has 1 amide bonds. The van der Waals surface area contributed by atoms with Crippen molar-refractivity contribution in [3.05, 3.63) is 52.9 Å². The van der Waals surface area contributed by atoms with Crippen LogP contribution in [-0.2, 0) is 0 Å². The number of likely N-dealkylation sites (tertiary alicyclic amines) is 1. The molecular weight excluding hydrogens is 294 g/mol. The van der Waals surface area contributed by atoms with E-state index < -0.39 is 29.7 Å². The molecule has 1 fully saturated rings. The van der Waals surface area contributed by atoms with Gasteiger partial charge in [-0.3, -0.25) is 4.79 Å². The Morgan fingerprint density at radius 1 is 1.41 bits per heavy atom. The molecule has 3 rings (SSSR count). The van der Waals surface area contributed by atoms with E-state index in [4.69, 9.17) is 4.52 Å². The molecule has 0 unspecified atom stereocenters. The van der Waals surface area contributed by atoms with Crippen molar-refractivity contribution in [2.45, 2.75) is 25.5 Å². The molecular formula is C15H14F2N2O3. The zero-order valence-corrected chi connectivity index (χ0v) is 11.8. The van der Waals surface area contributed by atoms with Gasteiger partial charge in [0.25, 0.3) is 5.91 Å². The minimum Gasteiger partial charge on any atom is -0.391 e. The topological polar surface area (TPSA) is 66.6 Å². The van der Waals surface area contributed by atoms with E-state index in [1.54, 1.807) is 6.92 Å². The van der Waals surface area contributed by atoms with Crippen molar-refractivity contribution in [2.75, 3.05) is 6.54 Å². The number of aryl methyl sites for hydroxylation is 1. The number of halogens is 2. The molecule has 116 valence electrons. The number of aromatic nitrogens is 1. The molecule has 0 radical (unpaired) electrons. The molecule has 2 aromatic rings. The van der Waals surface area contributed by atoms with Crippen LogP contribution in [0.25, 0.3) is 0 Å². The number of hydrogen-bond acceptors (Lipinski definition) is 4. The number of amides is 1. The Balaban J connectivity index is 1.95. The lowest BCUT2D eigenvalue weighted by Gasteiger charge is -2.24. The second kappa shape index (κ2) is 5.49. The van der Waals surface area contributed by atoms with Gasteiger partial charge in [-0.15, -0.1) is 0 Å². The predicted molar refractivity (Wildman–Crippen MR) is 72.0 cm³/mol. The van der Waals surface area contributed by atoms with Crippen LogP contribution in [0, 0.1) is 18.6 Å². The lowest BCUT2D eigenvalue weighted by Crippen LogP contribution is -2.32. The third-order valence-corrected chi connectivity index (χ3v) is 3.70. The van der Waals surface area contributed by atoms with Gasteiger partial charge in [-0.05, 0) is 31.5 Å². The number of aliphatic hydroxyl groups is 1. The van der Waals surface area contributed by atoms with Crippen LogP contribution in [0.5, 0.6) is 0 Å². The first-order chi connectivity index (χ1) is 10.5. The number of β-amino-alcohol motifs (C(OH)–C–C–N with tert-alkyl or cyclic N) is 1. The summed E-state index contributed by atoms with van der Waals surface area (Å²) >= 11 is 0. The highest BCUT2D eigenvalue weighted by atomic mass is 19.1. The van der Waals surface area contributed by atoms with Crippen LogP contribution in [0.1, 0.15) is 34.3 Å². The molecule has 5 nitrogen and oxygen atoms in total. The van der Waals surface area contributed by atoms with Crippen LogP contribution in [0.4, 0.5) is 8.78 Å². The van der Waals surface area contributed by atoms with Gasteiger partial charge >= 0.3 is 0 Å². The molecule has 0 aliphatic carbocycles. The summed E-state index contributed by atoms with van der Waals surface area (Å²) in [5.74, 6) is -1.23. The Hall–Kier alpha value is -2.28. The second-order valence-electron chi connectivity index (χ2n) is 5.35. The van der Waals surface area contributed by atoms with Crippen molar-refractivity contribution in [3.8, 4) is 0 Å². The Bertz CT molecular complexity index is 717. The van der Waals surface area contributed by atoms with Crippen LogP contribution < -0.4 is 0 Å². The summed E-state index contributed by atoms with van der Waals surface area (Å²) in [7, 11) is 0. The quantitative estimate of drug-likeness (QED) is 0.923. The number of rotatable bonds is 2. The van der Waals surface area contributed by atoms with E-state index in [0.717, 1.165) is 18.2 Å². The normalized spacial score (nSPS) is 21.4. The average Bonchev–Trinajstić information content (AvgIpc) is 3.07. The summed E-state index contributed by atoms with van der Waals surface area (Å²) in [5.41, 5.74) is 0.124. The van der Waals surface area contributed by atoms with E-state index >= 15 is 0 Å². The zero-order valence-electron chi connectivity index (χ0n) is 11.8. The standard InChI is InChI=1S/C15H14F2N2O3/c1-8-4-13(18-22-8)15(21)19-7-10(20)6-14(19)11-5-9(16)2-3-12(11)17/h2-5,10,14,20H,6-7H2,1H3/t10-,14+/m0/s1. The fourth-order valence-electron chi connectivity index (χ4n) is 2.72. The van der Waals surface area contributed by atoms with E-state index in [-0.39, 0.29) is 24.2 Å². The van der Waals surface area contributed by atoms with Gasteiger partial charge < -0.3 is 14.5 Å². The molecule has 0 saturated carbocycles. The molecule has 2 heterocycles. The number of carbonyl (C=O) groups is 1. The number of aliphatic hydroxyl groups excluding tert-OH is 1. The first-order valence-corrected chi connectivity index (χ1v) is 6.83. The third kappa shape index (κ3) is 2.59. The lowest BCUT2D eigenvalue weighted by atomic mass is 10.0. The highest BCUT2D eigenvalue weighted by molar-refractivity contribution is 5.92. The van der Waals surface area contributed by atoms with Gasteiger partial charge in [0.15, 0.2) is 5.69 Å². The summed E-state index contributed by atoms with van der Waals surface area (Å²) in [6, 6.07) is 3.80. The van der Waals surface area contributed by atoms with Gasteiger partial charge in [0.2, 0.25) is 0 Å². The molecule has 0 bridgehead atoms. The van der Waals surface area contributed by atoms with Gasteiger partial charge in [-0.25, -0.2) is 8.78 Å². The van der Waals surface area contributed by atoms with E-state index in [2.05, 4.69) is 5.16 Å². The number of benzene rings is 1. The Labute approximate surface area is 125 Å². The van der Waals surface area contributed by atoms with Gasteiger partial charge in [0.1, 0.15) is 17.4 Å². The molecule has 1 saturated heterocycles. The maximum Gasteiger partial charge on any atom is 0.276 e. The summed E-state index contributed by atoms with van der Waals surface area (Å²) < 4.78 is 32.2. The molecule has 1 aromatic heterocycles. The third-order valence-electron chi connectivity index (χ3n) is 3.70. The summed E-state index contributed by atoms with van der Waals surface area (Å²) in [6.07, 6.45) is -0.659. The monoisotopic (exact) mass is 308 g/mol. The zero-order chi connectivity index (χ0) is 15.9. The first kappa shape index (κ1) is 14.6. The molecule has 22 heavy (non-hydrogen) atoms. The second-order valence-corrected chi connectivity index (χ2v) is 5.35. The summed E-state index contributed by atoms with van der Waals surface area (Å²) in [5, 5.41) is 13.5. The van der Waals surface area contributed by atoms with Gasteiger partial charge in [0, 0.05) is 18.2 Å². The van der Waals surface area contributed by atoms with Crippen LogP contribution in [0.15, 0.2) is 28.8 Å². The minimum absolute atomic E-state index is 0.0331. The Kier molecular flexibility index (Phi) is 3.66. The van der Waals surface area contributed by atoms with Crippen molar-refractivity contribution in [1.82, 2.24) is 10.1 Å². The lowest BCUT2D eigenvalue weighted by molar-refractivity contribution is 0.0703. The first-order valence-electron chi connectivity index (χ1n) is 6.83. The van der Waals surface area contributed by atoms with E-state index in [1.807, 2.05) is 0 Å². The van der Waals surface area contributed by atoms with E-state index in [0.29, 0.717) is 5.76 Å². The molecule has 0 spiro atoms. The predicted octanol–water partition coefficient (Wildman–Crippen LogP) is 2.21. The van der Waals surface area contributed by atoms with E-state index in [1.165, 1.54) is 11.0 Å². The molecule has 1 aliphatic heterocycles. The van der Waals surface area contributed by atoms with Crippen molar-refractivity contribution in [3.63, 3.8) is 0 Å². The highest BCUT2D eigenvalue weighted by Gasteiger charge is 2.38. The largest absolute Gasteiger partial charge is 0.391 e. The Morgan fingerprint density at radius 2 is 2.18 bits per heavy atom. The van der Waals surface area contributed by atoms with Gasteiger partial charge in [0.05, 0.1) is 12.1 Å². The summed E-state index contributed by atoms with van der Waals surface area (Å²) in [4.78, 5) is 13.8. The summed E-state index contributed by atoms with van der Waals surface area (Å²) in [6.45, 7) is 1.68. The average molecular weight is 308 g/mol. The van der Waals surface area contributed by atoms with Crippen LogP contribution in [0.2, 0.25) is 0 Å². The van der Waals surface area contributed by atoms with Gasteiger partial charge in [-0.1, -0.05) is 5.16 Å². The fourth-order valence-corrected chi connectivity index (χ4v) is 2.72. The van der Waals surface area contributed by atoms with Gasteiger partial charge in [-0.2, -0.15) is 0 Å². The smallest absolute Gasteiger partial charge is 0.276 e. The van der Waals surface area contributed by atoms with Crippen LogP contribution >= 0.6 is 0 Å². The molecule has 1 aromatic carbocycles. The van der Waals surface area contributed by atoms with Crippen LogP contribution in [0.3, 0.4) is 0 Å². The van der Waals surface area contributed by atoms with Crippen molar-refractivity contribution in [1.29, 1.82) is 0 Å². The maximum atomic E-state index is 14.0. The number of hydrogen-bond donors (Lipinski definition) is 1. The van der Waals surface area contributed by atoms with Crippen LogP contribution in [-0.4, -0.2) is 33.7 Å². The molecule has 1 aliphatic rings. The van der Waals surface area contributed by atoms with Crippen molar-refractivity contribution < 1.29 is 23.2 Å². The maximum absolute atomic E-state index is 14.0. The fraction of sp³-hybridized carbons (Fsp3) is 0.333. The molecule has 1 N–H and O–H groups in total. The molecule has 2 atom stereocenters.